The maximum Gasteiger partial charge on any atom is 0.305 e. The molecule has 1 unspecified atom stereocenters. The van der Waals surface area contributed by atoms with Crippen molar-refractivity contribution >= 4 is 11.9 Å². The average Bonchev–Trinajstić information content (AvgIpc) is 2.27. The number of carboxylic acids is 1. The van der Waals surface area contributed by atoms with Crippen LogP contribution in [0.2, 0.25) is 0 Å². The summed E-state index contributed by atoms with van der Waals surface area (Å²) in [4.78, 5) is 21.9. The van der Waals surface area contributed by atoms with Gasteiger partial charge in [0.15, 0.2) is 0 Å². The zero-order chi connectivity index (χ0) is 12.8. The lowest BCUT2D eigenvalue weighted by Gasteiger charge is -2.26. The Morgan fingerprint density at radius 3 is 2.47 bits per heavy atom. The van der Waals surface area contributed by atoms with E-state index in [0.29, 0.717) is 12.5 Å². The molecule has 0 heterocycles. The van der Waals surface area contributed by atoms with Gasteiger partial charge < -0.3 is 16.2 Å². The molecule has 5 heteroatoms. The molecule has 5 nitrogen and oxygen atoms in total. The Kier molecular flexibility index (Phi) is 5.41. The first-order valence-electron chi connectivity index (χ1n) is 6.24. The monoisotopic (exact) mass is 242 g/mol. The van der Waals surface area contributed by atoms with E-state index in [-0.39, 0.29) is 12.3 Å². The summed E-state index contributed by atoms with van der Waals surface area (Å²) in [6.07, 6.45) is 4.38. The van der Waals surface area contributed by atoms with Gasteiger partial charge in [0.25, 0.3) is 0 Å². The molecule has 1 amide bonds. The lowest BCUT2D eigenvalue weighted by Crippen LogP contribution is -2.43. The van der Waals surface area contributed by atoms with Crippen molar-refractivity contribution in [3.63, 3.8) is 0 Å². The number of hydrogen-bond acceptors (Lipinski definition) is 3. The molecule has 1 fully saturated rings. The second-order valence-electron chi connectivity index (χ2n) is 5.08. The molecule has 1 atom stereocenters. The number of amides is 1. The maximum atomic E-state index is 11.5. The van der Waals surface area contributed by atoms with Gasteiger partial charge in [0.05, 0.1) is 12.5 Å². The van der Waals surface area contributed by atoms with Crippen molar-refractivity contribution in [3.8, 4) is 0 Å². The van der Waals surface area contributed by atoms with Crippen LogP contribution in [0.5, 0.6) is 0 Å². The molecule has 4 N–H and O–H groups in total. The Morgan fingerprint density at radius 1 is 1.35 bits per heavy atom. The molecule has 17 heavy (non-hydrogen) atoms. The number of nitrogens with one attached hydrogen (secondary N) is 1. The van der Waals surface area contributed by atoms with Crippen molar-refractivity contribution in [1.29, 1.82) is 0 Å². The van der Waals surface area contributed by atoms with Gasteiger partial charge in [-0.2, -0.15) is 0 Å². The molecule has 0 spiro atoms. The summed E-state index contributed by atoms with van der Waals surface area (Å²) in [5.74, 6) is -0.0893. The lowest BCUT2D eigenvalue weighted by molar-refractivity contribution is -0.139. The van der Waals surface area contributed by atoms with Crippen LogP contribution in [0.4, 0.5) is 0 Å². The summed E-state index contributed by atoms with van der Waals surface area (Å²) in [7, 11) is 0. The third-order valence-electron chi connectivity index (χ3n) is 3.43. The Balaban J connectivity index is 2.21. The summed E-state index contributed by atoms with van der Waals surface area (Å²) in [5, 5.41) is 11.3. The van der Waals surface area contributed by atoms with Gasteiger partial charge in [-0.15, -0.1) is 0 Å². The second-order valence-corrected chi connectivity index (χ2v) is 5.08. The largest absolute Gasteiger partial charge is 0.481 e. The van der Waals surface area contributed by atoms with E-state index < -0.39 is 12.0 Å². The van der Waals surface area contributed by atoms with E-state index in [2.05, 4.69) is 12.2 Å². The highest BCUT2D eigenvalue weighted by Crippen LogP contribution is 2.27. The molecule has 0 radical (unpaired) electrons. The van der Waals surface area contributed by atoms with Gasteiger partial charge in [0.2, 0.25) is 5.91 Å². The van der Waals surface area contributed by atoms with Crippen LogP contribution in [-0.4, -0.2) is 29.6 Å². The number of rotatable bonds is 5. The van der Waals surface area contributed by atoms with Crippen LogP contribution < -0.4 is 11.1 Å². The van der Waals surface area contributed by atoms with Gasteiger partial charge in [-0.25, -0.2) is 0 Å². The van der Waals surface area contributed by atoms with Crippen molar-refractivity contribution in [2.75, 3.05) is 6.54 Å². The van der Waals surface area contributed by atoms with Crippen LogP contribution in [0.25, 0.3) is 0 Å². The maximum absolute atomic E-state index is 11.5. The minimum atomic E-state index is -1.04. The van der Waals surface area contributed by atoms with Gasteiger partial charge in [-0.05, 0) is 24.7 Å². The highest BCUT2D eigenvalue weighted by Gasteiger charge is 2.21. The molecule has 0 saturated heterocycles. The number of hydrogen-bond donors (Lipinski definition) is 3. The number of carbonyl (C=O) groups excluding carboxylic acids is 1. The summed E-state index contributed by atoms with van der Waals surface area (Å²) in [6.45, 7) is 2.87. The first-order chi connectivity index (χ1) is 7.99. The van der Waals surface area contributed by atoms with Crippen molar-refractivity contribution in [2.24, 2.45) is 17.6 Å². The fourth-order valence-electron chi connectivity index (χ4n) is 2.19. The van der Waals surface area contributed by atoms with E-state index in [1.165, 1.54) is 12.8 Å². The average molecular weight is 242 g/mol. The predicted molar refractivity (Wildman–Crippen MR) is 64.4 cm³/mol. The molecule has 1 aliphatic carbocycles. The zero-order valence-corrected chi connectivity index (χ0v) is 10.3. The molecule has 1 rings (SSSR count). The van der Waals surface area contributed by atoms with Gasteiger partial charge in [-0.1, -0.05) is 19.8 Å². The normalized spacial score (nSPS) is 26.2. The van der Waals surface area contributed by atoms with Crippen molar-refractivity contribution in [2.45, 2.75) is 45.1 Å². The first-order valence-corrected chi connectivity index (χ1v) is 6.24. The Labute approximate surface area is 102 Å². The second kappa shape index (κ2) is 6.59. The highest BCUT2D eigenvalue weighted by atomic mass is 16.4. The van der Waals surface area contributed by atoms with Crippen LogP contribution in [0.1, 0.15) is 39.0 Å². The van der Waals surface area contributed by atoms with Gasteiger partial charge in [0.1, 0.15) is 0 Å². The van der Waals surface area contributed by atoms with Crippen LogP contribution in [-0.2, 0) is 9.59 Å². The number of aliphatic carboxylic acids is 1. The first kappa shape index (κ1) is 14.0. The molecular weight excluding hydrogens is 220 g/mol. The van der Waals surface area contributed by atoms with Crippen LogP contribution in [0.15, 0.2) is 0 Å². The van der Waals surface area contributed by atoms with Crippen LogP contribution >= 0.6 is 0 Å². The summed E-state index contributed by atoms with van der Waals surface area (Å²) in [5.41, 5.74) is 5.46. The van der Waals surface area contributed by atoms with E-state index in [4.69, 9.17) is 10.8 Å². The van der Waals surface area contributed by atoms with Crippen LogP contribution in [0.3, 0.4) is 0 Å². The van der Waals surface area contributed by atoms with Gasteiger partial charge in [0, 0.05) is 6.54 Å². The van der Waals surface area contributed by atoms with Crippen molar-refractivity contribution < 1.29 is 14.7 Å². The molecule has 0 aliphatic heterocycles. The molecule has 0 aromatic heterocycles. The van der Waals surface area contributed by atoms with Gasteiger partial charge in [-0.3, -0.25) is 9.59 Å². The smallest absolute Gasteiger partial charge is 0.305 e. The minimum absolute atomic E-state index is 0.312. The third kappa shape index (κ3) is 5.17. The summed E-state index contributed by atoms with van der Waals surface area (Å²) >= 11 is 0. The lowest BCUT2D eigenvalue weighted by atomic mass is 9.83. The highest BCUT2D eigenvalue weighted by molar-refractivity contribution is 5.85. The number of carbonyl (C=O) groups is 2. The standard InChI is InChI=1S/C12H22N2O3/c1-8-2-4-9(5-3-8)7-14-12(17)10(13)6-11(15)16/h8-10H,2-7,13H2,1H3,(H,14,17)(H,15,16). The molecule has 98 valence electrons. The van der Waals surface area contributed by atoms with E-state index in [9.17, 15) is 9.59 Å². The molecular formula is C12H22N2O3. The summed E-state index contributed by atoms with van der Waals surface area (Å²) in [6, 6.07) is -0.935. The van der Waals surface area contributed by atoms with Crippen molar-refractivity contribution in [3.05, 3.63) is 0 Å². The van der Waals surface area contributed by atoms with E-state index in [0.717, 1.165) is 18.8 Å². The number of carboxylic acid groups (broad SMARTS) is 1. The fraction of sp³-hybridized carbons (Fsp3) is 0.833. The topological polar surface area (TPSA) is 92.4 Å². The van der Waals surface area contributed by atoms with Crippen molar-refractivity contribution in [1.82, 2.24) is 5.32 Å². The zero-order valence-electron chi connectivity index (χ0n) is 10.3. The SMILES string of the molecule is CC1CCC(CNC(=O)C(N)CC(=O)O)CC1. The third-order valence-corrected chi connectivity index (χ3v) is 3.43. The Hall–Kier alpha value is -1.10. The number of nitrogens with two attached hydrogens (primary N) is 1. The quantitative estimate of drug-likeness (QED) is 0.662. The molecule has 1 aliphatic rings. The minimum Gasteiger partial charge on any atom is -0.481 e. The van der Waals surface area contributed by atoms with E-state index >= 15 is 0 Å². The Bertz CT molecular complexity index is 273. The van der Waals surface area contributed by atoms with E-state index in [1.54, 1.807) is 0 Å². The molecule has 0 aromatic carbocycles. The summed E-state index contributed by atoms with van der Waals surface area (Å²) < 4.78 is 0. The molecule has 1 saturated carbocycles. The van der Waals surface area contributed by atoms with Crippen LogP contribution in [0, 0.1) is 11.8 Å². The van der Waals surface area contributed by atoms with Gasteiger partial charge >= 0.3 is 5.97 Å². The fourth-order valence-corrected chi connectivity index (χ4v) is 2.19. The predicted octanol–water partition coefficient (Wildman–Crippen LogP) is 0.731. The molecule has 0 aromatic rings. The molecule has 0 bridgehead atoms. The Morgan fingerprint density at radius 2 is 1.94 bits per heavy atom. The van der Waals surface area contributed by atoms with E-state index in [1.807, 2.05) is 0 Å².